The Kier molecular flexibility index (Phi) is 6.03. The van der Waals surface area contributed by atoms with Gasteiger partial charge in [-0.25, -0.2) is 4.79 Å². The first-order valence-electron chi connectivity index (χ1n) is 7.91. The van der Waals surface area contributed by atoms with Crippen molar-refractivity contribution in [3.63, 3.8) is 0 Å². The molecule has 1 unspecified atom stereocenters. The van der Waals surface area contributed by atoms with E-state index in [1.165, 1.54) is 0 Å². The summed E-state index contributed by atoms with van der Waals surface area (Å²) in [4.78, 5) is 25.0. The Morgan fingerprint density at radius 3 is 2.83 bits per heavy atom. The maximum atomic E-state index is 12.2. The largest absolute Gasteiger partial charge is 0.491 e. The Bertz CT molecular complexity index is 592. The molecular formula is C17H24N2O5. The third-order valence-electron chi connectivity index (χ3n) is 4.18. The molecule has 0 radical (unpaired) electrons. The topological polar surface area (TPSA) is 88.1 Å². The number of methoxy groups -OCH3 is 1. The number of carbonyl (C=O) groups is 2. The third kappa shape index (κ3) is 4.61. The standard InChI is InChI=1S/C17H24N2O5/c1-17(15(20)21)6-7-19(12-17)16(22)18-11-13-4-3-5-14(10-13)24-9-8-23-2/h3-5,10H,6-9,11-12H2,1-2H3,(H,18,22)(H,20,21). The van der Waals surface area contributed by atoms with Crippen LogP contribution in [-0.4, -0.2) is 55.4 Å². The van der Waals surface area contributed by atoms with E-state index in [1.54, 1.807) is 18.9 Å². The van der Waals surface area contributed by atoms with Gasteiger partial charge in [0.2, 0.25) is 0 Å². The van der Waals surface area contributed by atoms with Crippen LogP contribution in [0.1, 0.15) is 18.9 Å². The number of hydrogen-bond donors (Lipinski definition) is 2. The minimum absolute atomic E-state index is 0.230. The molecule has 1 atom stereocenters. The van der Waals surface area contributed by atoms with E-state index in [2.05, 4.69) is 5.32 Å². The number of carboxylic acids is 1. The molecule has 1 heterocycles. The first-order valence-corrected chi connectivity index (χ1v) is 7.91. The van der Waals surface area contributed by atoms with Crippen molar-refractivity contribution in [2.45, 2.75) is 19.9 Å². The highest BCUT2D eigenvalue weighted by molar-refractivity contribution is 5.79. The van der Waals surface area contributed by atoms with Crippen LogP contribution in [0.25, 0.3) is 0 Å². The number of benzene rings is 1. The molecule has 24 heavy (non-hydrogen) atoms. The zero-order valence-electron chi connectivity index (χ0n) is 14.1. The zero-order chi connectivity index (χ0) is 17.6. The Labute approximate surface area is 141 Å². The fourth-order valence-corrected chi connectivity index (χ4v) is 2.59. The summed E-state index contributed by atoms with van der Waals surface area (Å²) in [5.74, 6) is -0.142. The maximum Gasteiger partial charge on any atom is 0.317 e. The molecule has 2 amide bonds. The van der Waals surface area contributed by atoms with Crippen molar-refractivity contribution in [3.8, 4) is 5.75 Å². The van der Waals surface area contributed by atoms with Crippen LogP contribution in [0, 0.1) is 5.41 Å². The van der Waals surface area contributed by atoms with Crippen molar-refractivity contribution in [1.29, 1.82) is 0 Å². The molecule has 0 saturated carbocycles. The summed E-state index contributed by atoms with van der Waals surface area (Å²) in [6.07, 6.45) is 0.471. The van der Waals surface area contributed by atoms with Gasteiger partial charge in [-0.1, -0.05) is 12.1 Å². The molecule has 0 aromatic heterocycles. The predicted molar refractivity (Wildman–Crippen MR) is 88.0 cm³/mol. The Morgan fingerprint density at radius 1 is 1.38 bits per heavy atom. The lowest BCUT2D eigenvalue weighted by molar-refractivity contribution is -0.147. The summed E-state index contributed by atoms with van der Waals surface area (Å²) in [7, 11) is 1.61. The smallest absolute Gasteiger partial charge is 0.317 e. The second-order valence-electron chi connectivity index (χ2n) is 6.18. The van der Waals surface area contributed by atoms with Crippen molar-refractivity contribution in [2.24, 2.45) is 5.41 Å². The van der Waals surface area contributed by atoms with Crippen LogP contribution < -0.4 is 10.1 Å². The lowest BCUT2D eigenvalue weighted by Crippen LogP contribution is -2.40. The van der Waals surface area contributed by atoms with Gasteiger partial charge >= 0.3 is 12.0 Å². The Hall–Kier alpha value is -2.28. The van der Waals surface area contributed by atoms with E-state index in [0.717, 1.165) is 11.3 Å². The Balaban J connectivity index is 1.84. The van der Waals surface area contributed by atoms with E-state index >= 15 is 0 Å². The number of amides is 2. The first-order chi connectivity index (χ1) is 11.4. The van der Waals surface area contributed by atoms with Gasteiger partial charge in [-0.2, -0.15) is 0 Å². The number of urea groups is 1. The van der Waals surface area contributed by atoms with Crippen LogP contribution in [0.5, 0.6) is 5.75 Å². The van der Waals surface area contributed by atoms with E-state index in [-0.39, 0.29) is 12.6 Å². The lowest BCUT2D eigenvalue weighted by atomic mass is 9.90. The van der Waals surface area contributed by atoms with Gasteiger partial charge in [-0.3, -0.25) is 4.79 Å². The molecular weight excluding hydrogens is 312 g/mol. The number of carbonyl (C=O) groups excluding carboxylic acids is 1. The number of nitrogens with zero attached hydrogens (tertiary/aromatic N) is 1. The van der Waals surface area contributed by atoms with E-state index in [0.29, 0.717) is 32.7 Å². The molecule has 1 aromatic rings. The van der Waals surface area contributed by atoms with Crippen LogP contribution in [0.2, 0.25) is 0 Å². The van der Waals surface area contributed by atoms with Crippen LogP contribution in [0.3, 0.4) is 0 Å². The van der Waals surface area contributed by atoms with Gasteiger partial charge in [-0.15, -0.1) is 0 Å². The number of nitrogens with one attached hydrogen (secondary N) is 1. The fourth-order valence-electron chi connectivity index (χ4n) is 2.59. The van der Waals surface area contributed by atoms with Gasteiger partial charge in [0.15, 0.2) is 0 Å². The molecule has 0 spiro atoms. The summed E-state index contributed by atoms with van der Waals surface area (Å²) in [5, 5.41) is 12.0. The molecule has 1 fully saturated rings. The van der Waals surface area contributed by atoms with Crippen molar-refractivity contribution in [1.82, 2.24) is 10.2 Å². The SMILES string of the molecule is COCCOc1cccc(CNC(=O)N2CCC(C)(C(=O)O)C2)c1. The van der Waals surface area contributed by atoms with E-state index in [1.807, 2.05) is 24.3 Å². The van der Waals surface area contributed by atoms with Gasteiger partial charge in [0, 0.05) is 26.7 Å². The number of ether oxygens (including phenoxy) is 2. The summed E-state index contributed by atoms with van der Waals surface area (Å²) >= 11 is 0. The second-order valence-corrected chi connectivity index (χ2v) is 6.18. The van der Waals surface area contributed by atoms with E-state index in [9.17, 15) is 14.7 Å². The molecule has 2 N–H and O–H groups in total. The number of carboxylic acid groups (broad SMARTS) is 1. The van der Waals surface area contributed by atoms with Gasteiger partial charge in [0.05, 0.1) is 12.0 Å². The summed E-state index contributed by atoms with van der Waals surface area (Å²) in [6.45, 7) is 3.69. The average Bonchev–Trinajstić information content (AvgIpc) is 2.97. The van der Waals surface area contributed by atoms with Crippen molar-refractivity contribution < 1.29 is 24.2 Å². The van der Waals surface area contributed by atoms with Crippen LogP contribution in [0.15, 0.2) is 24.3 Å². The molecule has 1 aliphatic heterocycles. The van der Waals surface area contributed by atoms with Crippen molar-refractivity contribution >= 4 is 12.0 Å². The minimum Gasteiger partial charge on any atom is -0.491 e. The average molecular weight is 336 g/mol. The summed E-state index contributed by atoms with van der Waals surface area (Å²) in [6, 6.07) is 7.22. The molecule has 7 nitrogen and oxygen atoms in total. The molecule has 0 bridgehead atoms. The fraction of sp³-hybridized carbons (Fsp3) is 0.529. The summed E-state index contributed by atoms with van der Waals surface area (Å²) < 4.78 is 10.5. The number of aliphatic carboxylic acids is 1. The molecule has 2 rings (SSSR count). The Morgan fingerprint density at radius 2 is 2.17 bits per heavy atom. The quantitative estimate of drug-likeness (QED) is 0.740. The first kappa shape index (κ1) is 18.1. The van der Waals surface area contributed by atoms with Crippen LogP contribution >= 0.6 is 0 Å². The number of rotatable bonds is 7. The molecule has 0 aliphatic carbocycles. The van der Waals surface area contributed by atoms with Crippen LogP contribution in [0.4, 0.5) is 4.79 Å². The van der Waals surface area contributed by atoms with Gasteiger partial charge in [0.1, 0.15) is 12.4 Å². The van der Waals surface area contributed by atoms with Gasteiger partial charge in [0.25, 0.3) is 0 Å². The highest BCUT2D eigenvalue weighted by Gasteiger charge is 2.42. The maximum absolute atomic E-state index is 12.2. The number of hydrogen-bond acceptors (Lipinski definition) is 4. The monoisotopic (exact) mass is 336 g/mol. The highest BCUT2D eigenvalue weighted by atomic mass is 16.5. The zero-order valence-corrected chi connectivity index (χ0v) is 14.1. The van der Waals surface area contributed by atoms with Crippen molar-refractivity contribution in [3.05, 3.63) is 29.8 Å². The third-order valence-corrected chi connectivity index (χ3v) is 4.18. The number of likely N-dealkylation sites (tertiary alicyclic amines) is 1. The summed E-state index contributed by atoms with van der Waals surface area (Å²) in [5.41, 5.74) is 0.0605. The second kappa shape index (κ2) is 8.01. The predicted octanol–water partition coefficient (Wildman–Crippen LogP) is 1.72. The van der Waals surface area contributed by atoms with Crippen LogP contribution in [-0.2, 0) is 16.1 Å². The highest BCUT2D eigenvalue weighted by Crippen LogP contribution is 2.30. The minimum atomic E-state index is -0.862. The lowest BCUT2D eigenvalue weighted by Gasteiger charge is -2.20. The molecule has 1 aliphatic rings. The molecule has 1 saturated heterocycles. The van der Waals surface area contributed by atoms with E-state index < -0.39 is 11.4 Å². The molecule has 7 heteroatoms. The molecule has 1 aromatic carbocycles. The normalized spacial score (nSPS) is 20.0. The van der Waals surface area contributed by atoms with Gasteiger partial charge in [-0.05, 0) is 31.0 Å². The van der Waals surface area contributed by atoms with Gasteiger partial charge < -0.3 is 24.8 Å². The molecule has 132 valence electrons. The van der Waals surface area contributed by atoms with E-state index in [4.69, 9.17) is 9.47 Å². The van der Waals surface area contributed by atoms with Crippen molar-refractivity contribution in [2.75, 3.05) is 33.4 Å².